The van der Waals surface area contributed by atoms with E-state index in [1.807, 2.05) is 0 Å². The molecule has 2 rings (SSSR count). The van der Waals surface area contributed by atoms with E-state index in [9.17, 15) is 0 Å². The maximum Gasteiger partial charge on any atom is 0.0511 e. The Bertz CT molecular complexity index is 306. The molecule has 0 radical (unpaired) electrons. The number of rotatable bonds is 1. The van der Waals surface area contributed by atoms with Crippen LogP contribution in [0.1, 0.15) is 0 Å². The van der Waals surface area contributed by atoms with Gasteiger partial charge in [0.15, 0.2) is 0 Å². The third-order valence-electron chi connectivity index (χ3n) is 2.70. The minimum absolute atomic E-state index is 1.12. The highest BCUT2D eigenvalue weighted by Gasteiger charge is 2.15. The number of halogens is 1. The standard InChI is InChI=1S/C11H15BrN2/c1-13-6-8-14(9-7-13)11-5-3-2-4-10(11)12/h2-5H,6-9H2,1H3. The van der Waals surface area contributed by atoms with Gasteiger partial charge in [0.25, 0.3) is 0 Å². The van der Waals surface area contributed by atoms with Crippen molar-refractivity contribution in [3.8, 4) is 0 Å². The molecule has 3 heteroatoms. The Hall–Kier alpha value is -0.540. The first kappa shape index (κ1) is 9.99. The van der Waals surface area contributed by atoms with Crippen molar-refractivity contribution in [2.24, 2.45) is 0 Å². The second kappa shape index (κ2) is 4.32. The molecule has 2 nitrogen and oxygen atoms in total. The van der Waals surface area contributed by atoms with Crippen LogP contribution in [0.25, 0.3) is 0 Å². The zero-order chi connectivity index (χ0) is 9.97. The number of nitrogens with zero attached hydrogens (tertiary/aromatic N) is 2. The van der Waals surface area contributed by atoms with E-state index in [4.69, 9.17) is 0 Å². The number of para-hydroxylation sites is 1. The first-order valence-corrected chi connectivity index (χ1v) is 5.75. The minimum atomic E-state index is 1.12. The number of hydrogen-bond acceptors (Lipinski definition) is 2. The molecular formula is C11H15BrN2. The topological polar surface area (TPSA) is 6.48 Å². The molecule has 0 N–H and O–H groups in total. The van der Waals surface area contributed by atoms with E-state index in [1.165, 1.54) is 10.2 Å². The maximum absolute atomic E-state index is 3.59. The van der Waals surface area contributed by atoms with Crippen molar-refractivity contribution in [2.75, 3.05) is 38.1 Å². The summed E-state index contributed by atoms with van der Waals surface area (Å²) in [7, 11) is 2.18. The molecule has 1 heterocycles. The molecule has 0 saturated carbocycles. The molecular weight excluding hydrogens is 240 g/mol. The van der Waals surface area contributed by atoms with Crippen LogP contribution in [0, 0.1) is 0 Å². The third-order valence-corrected chi connectivity index (χ3v) is 3.37. The molecule has 76 valence electrons. The van der Waals surface area contributed by atoms with Gasteiger partial charge in [-0.2, -0.15) is 0 Å². The minimum Gasteiger partial charge on any atom is -0.368 e. The van der Waals surface area contributed by atoms with Crippen LogP contribution in [-0.2, 0) is 0 Å². The quantitative estimate of drug-likeness (QED) is 0.759. The summed E-state index contributed by atoms with van der Waals surface area (Å²) >= 11 is 3.59. The van der Waals surface area contributed by atoms with Crippen LogP contribution in [0.4, 0.5) is 5.69 Å². The summed E-state index contributed by atoms with van der Waals surface area (Å²) in [6, 6.07) is 8.44. The largest absolute Gasteiger partial charge is 0.368 e. The number of likely N-dealkylation sites (N-methyl/N-ethyl adjacent to an activating group) is 1. The summed E-state index contributed by atoms with van der Waals surface area (Å²) in [5.41, 5.74) is 1.32. The van der Waals surface area contributed by atoms with Gasteiger partial charge < -0.3 is 9.80 Å². The Morgan fingerprint density at radius 1 is 1.07 bits per heavy atom. The van der Waals surface area contributed by atoms with E-state index in [0.29, 0.717) is 0 Å². The molecule has 1 fully saturated rings. The van der Waals surface area contributed by atoms with Crippen LogP contribution >= 0.6 is 15.9 Å². The fraction of sp³-hybridized carbons (Fsp3) is 0.455. The SMILES string of the molecule is CN1CCN(c2ccccc2Br)CC1. The zero-order valence-corrected chi connectivity index (χ0v) is 10.00. The van der Waals surface area contributed by atoms with E-state index in [0.717, 1.165) is 26.2 Å². The molecule has 1 saturated heterocycles. The Kier molecular flexibility index (Phi) is 3.08. The van der Waals surface area contributed by atoms with E-state index in [1.54, 1.807) is 0 Å². The van der Waals surface area contributed by atoms with Crippen LogP contribution in [0.3, 0.4) is 0 Å². The van der Waals surface area contributed by atoms with Crippen molar-refractivity contribution < 1.29 is 0 Å². The van der Waals surface area contributed by atoms with Gasteiger partial charge in [0.2, 0.25) is 0 Å². The van der Waals surface area contributed by atoms with Gasteiger partial charge in [-0.3, -0.25) is 0 Å². The first-order chi connectivity index (χ1) is 6.77. The lowest BCUT2D eigenvalue weighted by Crippen LogP contribution is -2.44. The molecule has 1 aliphatic rings. The van der Waals surface area contributed by atoms with Crippen molar-refractivity contribution in [3.05, 3.63) is 28.7 Å². The van der Waals surface area contributed by atoms with Gasteiger partial charge in [0.1, 0.15) is 0 Å². The molecule has 0 atom stereocenters. The molecule has 0 unspecified atom stereocenters. The number of piperazine rings is 1. The van der Waals surface area contributed by atoms with Crippen molar-refractivity contribution >= 4 is 21.6 Å². The monoisotopic (exact) mass is 254 g/mol. The molecule has 0 bridgehead atoms. The van der Waals surface area contributed by atoms with Gasteiger partial charge in [-0.05, 0) is 35.1 Å². The first-order valence-electron chi connectivity index (χ1n) is 4.95. The third kappa shape index (κ3) is 2.10. The molecule has 1 aromatic carbocycles. The van der Waals surface area contributed by atoms with Gasteiger partial charge in [-0.15, -0.1) is 0 Å². The van der Waals surface area contributed by atoms with Crippen molar-refractivity contribution in [2.45, 2.75) is 0 Å². The lowest BCUT2D eigenvalue weighted by molar-refractivity contribution is 0.312. The van der Waals surface area contributed by atoms with Gasteiger partial charge >= 0.3 is 0 Å². The van der Waals surface area contributed by atoms with Gasteiger partial charge in [-0.25, -0.2) is 0 Å². The molecule has 0 amide bonds. The van der Waals surface area contributed by atoms with Crippen molar-refractivity contribution in [3.63, 3.8) is 0 Å². The molecule has 14 heavy (non-hydrogen) atoms. The van der Waals surface area contributed by atoms with Crippen LogP contribution < -0.4 is 4.90 Å². The van der Waals surface area contributed by atoms with E-state index < -0.39 is 0 Å². The predicted octanol–water partition coefficient (Wildman–Crippen LogP) is 2.20. The average molecular weight is 255 g/mol. The molecule has 0 aromatic heterocycles. The van der Waals surface area contributed by atoms with Gasteiger partial charge in [0.05, 0.1) is 5.69 Å². The molecule has 1 aromatic rings. The van der Waals surface area contributed by atoms with E-state index >= 15 is 0 Å². The van der Waals surface area contributed by atoms with Crippen LogP contribution in [0.5, 0.6) is 0 Å². The Balaban J connectivity index is 2.12. The second-order valence-corrected chi connectivity index (χ2v) is 4.60. The summed E-state index contributed by atoms with van der Waals surface area (Å²) in [5.74, 6) is 0. The molecule has 1 aliphatic heterocycles. The highest BCUT2D eigenvalue weighted by atomic mass is 79.9. The smallest absolute Gasteiger partial charge is 0.0511 e. The van der Waals surface area contributed by atoms with E-state index in [-0.39, 0.29) is 0 Å². The van der Waals surface area contributed by atoms with Crippen molar-refractivity contribution in [1.82, 2.24) is 4.90 Å². The normalized spacial score (nSPS) is 18.6. The molecule has 0 spiro atoms. The van der Waals surface area contributed by atoms with Crippen LogP contribution in [0.15, 0.2) is 28.7 Å². The maximum atomic E-state index is 3.59. The lowest BCUT2D eigenvalue weighted by atomic mass is 10.2. The second-order valence-electron chi connectivity index (χ2n) is 3.74. The van der Waals surface area contributed by atoms with Crippen LogP contribution in [-0.4, -0.2) is 38.1 Å². The fourth-order valence-corrected chi connectivity index (χ4v) is 2.29. The number of hydrogen-bond donors (Lipinski definition) is 0. The van der Waals surface area contributed by atoms with E-state index in [2.05, 4.69) is 57.0 Å². The summed E-state index contributed by atoms with van der Waals surface area (Å²) in [6.07, 6.45) is 0. The Labute approximate surface area is 93.6 Å². The summed E-state index contributed by atoms with van der Waals surface area (Å²) in [5, 5.41) is 0. The average Bonchev–Trinajstić information content (AvgIpc) is 2.20. The summed E-state index contributed by atoms with van der Waals surface area (Å²) in [6.45, 7) is 4.56. The predicted molar refractivity (Wildman–Crippen MR) is 63.9 cm³/mol. The highest BCUT2D eigenvalue weighted by Crippen LogP contribution is 2.26. The summed E-state index contributed by atoms with van der Waals surface area (Å²) < 4.78 is 1.20. The van der Waals surface area contributed by atoms with Gasteiger partial charge in [-0.1, -0.05) is 12.1 Å². The summed E-state index contributed by atoms with van der Waals surface area (Å²) in [4.78, 5) is 4.80. The lowest BCUT2D eigenvalue weighted by Gasteiger charge is -2.34. The molecule has 0 aliphatic carbocycles. The zero-order valence-electron chi connectivity index (χ0n) is 8.41. The Morgan fingerprint density at radius 3 is 2.36 bits per heavy atom. The van der Waals surface area contributed by atoms with Crippen LogP contribution in [0.2, 0.25) is 0 Å². The van der Waals surface area contributed by atoms with Gasteiger partial charge in [0, 0.05) is 30.7 Å². The van der Waals surface area contributed by atoms with Crippen molar-refractivity contribution in [1.29, 1.82) is 0 Å². The number of anilines is 1. The highest BCUT2D eigenvalue weighted by molar-refractivity contribution is 9.10. The fourth-order valence-electron chi connectivity index (χ4n) is 1.76. The number of benzene rings is 1. The Morgan fingerprint density at radius 2 is 1.71 bits per heavy atom.